The maximum atomic E-state index is 13.7. The molecule has 4 nitrogen and oxygen atoms in total. The molecule has 0 spiro atoms. The number of benzene rings is 4. The molecule has 0 aliphatic carbocycles. The molecule has 5 aromatic rings. The van der Waals surface area contributed by atoms with Crippen LogP contribution in [0.15, 0.2) is 101 Å². The average molecular weight is 624 g/mol. The van der Waals surface area contributed by atoms with E-state index < -0.39 is 23.5 Å². The number of halogens is 6. The smallest absolute Gasteiger partial charge is 0.419 e. The van der Waals surface area contributed by atoms with Crippen LogP contribution in [0, 0.1) is 0 Å². The van der Waals surface area contributed by atoms with Crippen LogP contribution in [0.2, 0.25) is 0 Å². The standard InChI is InChI=1S/C35H27F6NO3/c36-34(37,38)28-8-2-5-11-31(28)43-20-24-18-27(33-19-23-7-1-4-10-30(23)45-33)25(17-26(24)22-13-15-42-16-14-22)21-44-32-12-6-3-9-29(32)35(39,40)41/h1-13,17-19,42H,14-16,20-21H2. The number of rotatable bonds is 8. The Labute approximate surface area is 254 Å². The fourth-order valence-electron chi connectivity index (χ4n) is 5.40. The summed E-state index contributed by atoms with van der Waals surface area (Å²) in [5.41, 5.74) is 2.12. The summed E-state index contributed by atoms with van der Waals surface area (Å²) in [6, 6.07) is 22.7. The summed E-state index contributed by atoms with van der Waals surface area (Å²) >= 11 is 0. The fourth-order valence-corrected chi connectivity index (χ4v) is 5.40. The Morgan fingerprint density at radius 2 is 1.22 bits per heavy atom. The summed E-state index contributed by atoms with van der Waals surface area (Å²) < 4.78 is 100. The lowest BCUT2D eigenvalue weighted by Crippen LogP contribution is -2.20. The molecule has 45 heavy (non-hydrogen) atoms. The number of alkyl halides is 6. The summed E-state index contributed by atoms with van der Waals surface area (Å²) in [6.45, 7) is 0.844. The van der Waals surface area contributed by atoms with Crippen molar-refractivity contribution in [2.45, 2.75) is 32.0 Å². The van der Waals surface area contributed by atoms with Gasteiger partial charge in [0.1, 0.15) is 36.1 Å². The van der Waals surface area contributed by atoms with Gasteiger partial charge in [-0.3, -0.25) is 0 Å². The molecule has 232 valence electrons. The molecule has 10 heteroatoms. The van der Waals surface area contributed by atoms with E-state index in [4.69, 9.17) is 13.9 Å². The Morgan fingerprint density at radius 1 is 0.667 bits per heavy atom. The molecule has 1 aliphatic rings. The molecule has 1 N–H and O–H groups in total. The molecule has 0 bridgehead atoms. The van der Waals surface area contributed by atoms with E-state index >= 15 is 0 Å². The van der Waals surface area contributed by atoms with E-state index in [9.17, 15) is 26.3 Å². The number of fused-ring (bicyclic) bond motifs is 1. The van der Waals surface area contributed by atoms with E-state index in [1.165, 1.54) is 36.4 Å². The number of hydrogen-bond donors (Lipinski definition) is 1. The molecule has 0 atom stereocenters. The fraction of sp³-hybridized carbons (Fsp3) is 0.200. The van der Waals surface area contributed by atoms with Crippen molar-refractivity contribution in [3.05, 3.63) is 125 Å². The number of furan rings is 1. The lowest BCUT2D eigenvalue weighted by Gasteiger charge is -2.22. The minimum absolute atomic E-state index is 0.196. The summed E-state index contributed by atoms with van der Waals surface area (Å²) in [5, 5.41) is 4.05. The van der Waals surface area contributed by atoms with Crippen molar-refractivity contribution in [3.8, 4) is 22.8 Å². The Morgan fingerprint density at radius 3 is 1.80 bits per heavy atom. The van der Waals surface area contributed by atoms with Gasteiger partial charge >= 0.3 is 12.4 Å². The molecule has 0 saturated carbocycles. The topological polar surface area (TPSA) is 43.6 Å². The van der Waals surface area contributed by atoms with Crippen LogP contribution >= 0.6 is 0 Å². The Kier molecular flexibility index (Phi) is 8.33. The van der Waals surface area contributed by atoms with Crippen molar-refractivity contribution in [1.29, 1.82) is 0 Å². The van der Waals surface area contributed by atoms with Crippen molar-refractivity contribution in [2.75, 3.05) is 13.1 Å². The van der Waals surface area contributed by atoms with Gasteiger partial charge in [0.25, 0.3) is 0 Å². The van der Waals surface area contributed by atoms with Crippen molar-refractivity contribution in [3.63, 3.8) is 0 Å². The minimum atomic E-state index is -4.61. The summed E-state index contributed by atoms with van der Waals surface area (Å²) in [4.78, 5) is 0. The summed E-state index contributed by atoms with van der Waals surface area (Å²) in [6.07, 6.45) is -6.61. The second kappa shape index (κ2) is 12.4. The average Bonchev–Trinajstić information content (AvgIpc) is 3.47. The first-order chi connectivity index (χ1) is 21.6. The van der Waals surface area contributed by atoms with Crippen LogP contribution in [0.5, 0.6) is 11.5 Å². The van der Waals surface area contributed by atoms with E-state index in [0.29, 0.717) is 53.1 Å². The zero-order valence-corrected chi connectivity index (χ0v) is 23.8. The van der Waals surface area contributed by atoms with E-state index in [2.05, 4.69) is 5.32 Å². The van der Waals surface area contributed by atoms with Gasteiger partial charge in [-0.2, -0.15) is 26.3 Å². The summed E-state index contributed by atoms with van der Waals surface area (Å²) in [5.74, 6) is -0.197. The molecular formula is C35H27F6NO3. The third-order valence-corrected chi connectivity index (χ3v) is 7.58. The second-order valence-corrected chi connectivity index (χ2v) is 10.6. The maximum Gasteiger partial charge on any atom is 0.419 e. The third-order valence-electron chi connectivity index (χ3n) is 7.58. The molecule has 0 radical (unpaired) electrons. The van der Waals surface area contributed by atoms with Crippen LogP contribution in [-0.2, 0) is 25.6 Å². The van der Waals surface area contributed by atoms with E-state index in [0.717, 1.165) is 23.1 Å². The molecule has 6 rings (SSSR count). The van der Waals surface area contributed by atoms with Crippen molar-refractivity contribution < 1.29 is 40.2 Å². The number of nitrogens with one attached hydrogen (secondary N) is 1. The van der Waals surface area contributed by atoms with E-state index in [-0.39, 0.29) is 24.7 Å². The lowest BCUT2D eigenvalue weighted by atomic mass is 9.90. The molecule has 0 unspecified atom stereocenters. The van der Waals surface area contributed by atoms with Gasteiger partial charge in [-0.1, -0.05) is 48.5 Å². The van der Waals surface area contributed by atoms with Gasteiger partial charge in [-0.25, -0.2) is 0 Å². The molecule has 1 aromatic heterocycles. The van der Waals surface area contributed by atoms with Crippen molar-refractivity contribution in [2.24, 2.45) is 0 Å². The molecular weight excluding hydrogens is 596 g/mol. The van der Waals surface area contributed by atoms with Crippen LogP contribution in [0.4, 0.5) is 26.3 Å². The highest BCUT2D eigenvalue weighted by Crippen LogP contribution is 2.40. The molecule has 0 amide bonds. The Hall–Kier alpha value is -4.70. The van der Waals surface area contributed by atoms with Crippen LogP contribution in [0.1, 0.15) is 34.2 Å². The first-order valence-corrected chi connectivity index (χ1v) is 14.2. The number of para-hydroxylation sites is 3. The van der Waals surface area contributed by atoms with Gasteiger partial charge < -0.3 is 19.2 Å². The first kappa shape index (κ1) is 30.3. The Balaban J connectivity index is 1.46. The van der Waals surface area contributed by atoms with Crippen LogP contribution in [0.25, 0.3) is 27.9 Å². The highest BCUT2D eigenvalue weighted by Gasteiger charge is 2.35. The van der Waals surface area contributed by atoms with Gasteiger partial charge in [0.15, 0.2) is 0 Å². The van der Waals surface area contributed by atoms with Crippen LogP contribution < -0.4 is 14.8 Å². The number of hydrogen-bond acceptors (Lipinski definition) is 4. The Bertz CT molecular complexity index is 1820. The highest BCUT2D eigenvalue weighted by atomic mass is 19.4. The van der Waals surface area contributed by atoms with Gasteiger partial charge in [0.05, 0.1) is 11.1 Å². The highest BCUT2D eigenvalue weighted by molar-refractivity contribution is 5.84. The van der Waals surface area contributed by atoms with Gasteiger partial charge in [0, 0.05) is 23.1 Å². The van der Waals surface area contributed by atoms with E-state index in [1.807, 2.05) is 36.4 Å². The van der Waals surface area contributed by atoms with Crippen LogP contribution in [0.3, 0.4) is 0 Å². The van der Waals surface area contributed by atoms with Gasteiger partial charge in [0.2, 0.25) is 0 Å². The quantitative estimate of drug-likeness (QED) is 0.175. The largest absolute Gasteiger partial charge is 0.488 e. The van der Waals surface area contributed by atoms with Crippen molar-refractivity contribution >= 4 is 16.5 Å². The zero-order chi connectivity index (χ0) is 31.6. The zero-order valence-electron chi connectivity index (χ0n) is 23.8. The molecule has 1 aliphatic heterocycles. The molecule has 4 aromatic carbocycles. The third kappa shape index (κ3) is 6.71. The van der Waals surface area contributed by atoms with Gasteiger partial charge in [-0.05, 0) is 78.2 Å². The normalized spacial score (nSPS) is 14.0. The lowest BCUT2D eigenvalue weighted by molar-refractivity contribution is -0.139. The SMILES string of the molecule is FC(F)(F)c1ccccc1OCc1cc(-c2cc3ccccc3o2)c(COc2ccccc2C(F)(F)F)cc1C1=CCNCC1. The number of ether oxygens (including phenoxy) is 2. The van der Waals surface area contributed by atoms with Crippen molar-refractivity contribution in [1.82, 2.24) is 5.32 Å². The summed E-state index contributed by atoms with van der Waals surface area (Å²) in [7, 11) is 0. The van der Waals surface area contributed by atoms with E-state index in [1.54, 1.807) is 12.1 Å². The molecule has 0 fully saturated rings. The van der Waals surface area contributed by atoms with Crippen LogP contribution in [-0.4, -0.2) is 13.1 Å². The second-order valence-electron chi connectivity index (χ2n) is 10.6. The molecule has 0 saturated heterocycles. The minimum Gasteiger partial charge on any atom is -0.488 e. The predicted molar refractivity (Wildman–Crippen MR) is 159 cm³/mol. The predicted octanol–water partition coefficient (Wildman–Crippen LogP) is 9.67. The molecule has 2 heterocycles. The first-order valence-electron chi connectivity index (χ1n) is 14.2. The maximum absolute atomic E-state index is 13.7. The van der Waals surface area contributed by atoms with Gasteiger partial charge in [-0.15, -0.1) is 0 Å². The monoisotopic (exact) mass is 623 g/mol.